The monoisotopic (exact) mass is 337 g/mol. The second-order valence-corrected chi connectivity index (χ2v) is 6.84. The molecule has 1 fully saturated rings. The highest BCUT2D eigenvalue weighted by Crippen LogP contribution is 2.30. The van der Waals surface area contributed by atoms with Gasteiger partial charge in [-0.1, -0.05) is 12.8 Å². The van der Waals surface area contributed by atoms with Crippen LogP contribution in [0.4, 0.5) is 0 Å². The maximum absolute atomic E-state index is 10.5. The lowest BCUT2D eigenvalue weighted by Crippen LogP contribution is -2.38. The fourth-order valence-corrected chi connectivity index (χ4v) is 3.49. The van der Waals surface area contributed by atoms with Crippen molar-refractivity contribution in [3.05, 3.63) is 34.7 Å². The van der Waals surface area contributed by atoms with E-state index >= 15 is 0 Å². The van der Waals surface area contributed by atoms with Crippen molar-refractivity contribution >= 4 is 21.6 Å². The maximum atomic E-state index is 10.5. The Bertz CT molecular complexity index is 604. The molecule has 3 rings (SSSR count). The van der Waals surface area contributed by atoms with E-state index in [4.69, 9.17) is 0 Å². The minimum Gasteiger partial charge on any atom is -0.389 e. The molecule has 5 heteroatoms. The van der Waals surface area contributed by atoms with Gasteiger partial charge < -0.3 is 9.51 Å². The summed E-state index contributed by atoms with van der Waals surface area (Å²) in [6.45, 7) is 1.52. The molecule has 20 heavy (non-hydrogen) atoms. The predicted molar refractivity (Wildman–Crippen MR) is 82.6 cm³/mol. The Morgan fingerprint density at radius 1 is 1.40 bits per heavy atom. The van der Waals surface area contributed by atoms with E-state index in [1.807, 2.05) is 24.5 Å². The molecule has 1 aliphatic carbocycles. The summed E-state index contributed by atoms with van der Waals surface area (Å²) in [6.07, 6.45) is 8.10. The number of likely N-dealkylation sites (N-methyl/N-ethyl adjacent to an activating group) is 1. The van der Waals surface area contributed by atoms with Crippen LogP contribution in [-0.2, 0) is 6.54 Å². The Morgan fingerprint density at radius 3 is 2.90 bits per heavy atom. The van der Waals surface area contributed by atoms with E-state index in [1.165, 1.54) is 0 Å². The molecule has 0 saturated heterocycles. The molecule has 2 aromatic heterocycles. The average Bonchev–Trinajstić information content (AvgIpc) is 2.97. The molecular weight excluding hydrogens is 318 g/mol. The van der Waals surface area contributed by atoms with Crippen molar-refractivity contribution in [3.8, 4) is 0 Å². The van der Waals surface area contributed by atoms with Crippen LogP contribution in [0.1, 0.15) is 31.4 Å². The molecule has 0 unspecified atom stereocenters. The third-order valence-corrected chi connectivity index (χ3v) is 4.55. The van der Waals surface area contributed by atoms with Crippen LogP contribution in [0.15, 0.2) is 29.0 Å². The number of hydrogen-bond acceptors (Lipinski definition) is 3. The van der Waals surface area contributed by atoms with Gasteiger partial charge in [-0.05, 0) is 48.0 Å². The Kier molecular flexibility index (Phi) is 3.84. The van der Waals surface area contributed by atoms with Crippen molar-refractivity contribution < 1.29 is 5.11 Å². The summed E-state index contributed by atoms with van der Waals surface area (Å²) < 4.78 is 3.14. The van der Waals surface area contributed by atoms with Gasteiger partial charge in [0, 0.05) is 23.8 Å². The largest absolute Gasteiger partial charge is 0.389 e. The molecule has 0 amide bonds. The first-order valence-electron chi connectivity index (χ1n) is 7.08. The van der Waals surface area contributed by atoms with E-state index in [2.05, 4.69) is 37.3 Å². The molecule has 0 aromatic carbocycles. The number of fused-ring (bicyclic) bond motifs is 1. The van der Waals surface area contributed by atoms with Gasteiger partial charge in [-0.25, -0.2) is 4.98 Å². The van der Waals surface area contributed by atoms with Crippen molar-refractivity contribution in [1.82, 2.24) is 14.3 Å². The van der Waals surface area contributed by atoms with Crippen LogP contribution in [0.2, 0.25) is 0 Å². The number of imidazole rings is 1. The highest BCUT2D eigenvalue weighted by molar-refractivity contribution is 9.10. The molecule has 0 bridgehead atoms. The van der Waals surface area contributed by atoms with E-state index in [9.17, 15) is 5.11 Å². The summed E-state index contributed by atoms with van der Waals surface area (Å²) in [5, 5.41) is 10.5. The van der Waals surface area contributed by atoms with Gasteiger partial charge in [-0.3, -0.25) is 4.90 Å². The van der Waals surface area contributed by atoms with E-state index < -0.39 is 5.60 Å². The van der Waals surface area contributed by atoms with Crippen LogP contribution in [0.3, 0.4) is 0 Å². The zero-order valence-electron chi connectivity index (χ0n) is 11.7. The van der Waals surface area contributed by atoms with Gasteiger partial charge in [0.1, 0.15) is 5.65 Å². The Balaban J connectivity index is 1.74. The zero-order valence-corrected chi connectivity index (χ0v) is 13.3. The molecule has 1 saturated carbocycles. The van der Waals surface area contributed by atoms with Gasteiger partial charge in [0.05, 0.1) is 17.5 Å². The quantitative estimate of drug-likeness (QED) is 0.932. The van der Waals surface area contributed by atoms with Crippen LogP contribution >= 0.6 is 15.9 Å². The fraction of sp³-hybridized carbons (Fsp3) is 0.533. The van der Waals surface area contributed by atoms with Gasteiger partial charge in [-0.2, -0.15) is 0 Å². The van der Waals surface area contributed by atoms with Crippen LogP contribution in [0.5, 0.6) is 0 Å². The van der Waals surface area contributed by atoms with Gasteiger partial charge in [0.15, 0.2) is 0 Å². The molecule has 0 atom stereocenters. The van der Waals surface area contributed by atoms with E-state index in [1.54, 1.807) is 0 Å². The first kappa shape index (κ1) is 14.0. The lowest BCUT2D eigenvalue weighted by molar-refractivity contribution is 0.0142. The summed E-state index contributed by atoms with van der Waals surface area (Å²) in [5.41, 5.74) is 1.61. The van der Waals surface area contributed by atoms with Crippen molar-refractivity contribution in [2.75, 3.05) is 13.6 Å². The Labute approximate surface area is 127 Å². The number of aliphatic hydroxyl groups is 1. The minimum atomic E-state index is -0.490. The number of rotatable bonds is 4. The molecule has 2 aromatic rings. The zero-order chi connectivity index (χ0) is 14.2. The Morgan fingerprint density at radius 2 is 2.15 bits per heavy atom. The van der Waals surface area contributed by atoms with Gasteiger partial charge in [0.25, 0.3) is 0 Å². The maximum Gasteiger partial charge on any atom is 0.136 e. The third kappa shape index (κ3) is 2.90. The summed E-state index contributed by atoms with van der Waals surface area (Å²) >= 11 is 3.49. The molecule has 4 nitrogen and oxygen atoms in total. The molecule has 1 aliphatic rings. The van der Waals surface area contributed by atoms with Crippen LogP contribution < -0.4 is 0 Å². The van der Waals surface area contributed by atoms with Gasteiger partial charge >= 0.3 is 0 Å². The highest BCUT2D eigenvalue weighted by Gasteiger charge is 2.32. The van der Waals surface area contributed by atoms with Crippen molar-refractivity contribution in [3.63, 3.8) is 0 Å². The van der Waals surface area contributed by atoms with Crippen molar-refractivity contribution in [1.29, 1.82) is 0 Å². The van der Waals surface area contributed by atoms with E-state index in [0.717, 1.165) is 54.6 Å². The normalized spacial score (nSPS) is 18.2. The van der Waals surface area contributed by atoms with Gasteiger partial charge in [-0.15, -0.1) is 0 Å². The number of nitrogens with zero attached hydrogens (tertiary/aromatic N) is 3. The van der Waals surface area contributed by atoms with Crippen LogP contribution in [0.25, 0.3) is 5.65 Å². The second-order valence-electron chi connectivity index (χ2n) is 5.93. The molecule has 2 heterocycles. The van der Waals surface area contributed by atoms with Crippen molar-refractivity contribution in [2.24, 2.45) is 0 Å². The molecular formula is C15H20BrN3O. The lowest BCUT2D eigenvalue weighted by atomic mass is 10.0. The van der Waals surface area contributed by atoms with E-state index in [-0.39, 0.29) is 0 Å². The number of halogens is 1. The van der Waals surface area contributed by atoms with Crippen molar-refractivity contribution in [2.45, 2.75) is 37.8 Å². The first-order chi connectivity index (χ1) is 9.56. The summed E-state index contributed by atoms with van der Waals surface area (Å²) in [6, 6.07) is 4.00. The standard InChI is InChI=1S/C15H20BrN3O/c1-18(11-15(20)6-2-3-7-15)10-13-8-17-14-5-4-12(16)9-19(13)14/h4-5,8-9,20H,2-3,6-7,10-11H2,1H3. The molecule has 0 radical (unpaired) electrons. The lowest BCUT2D eigenvalue weighted by Gasteiger charge is -2.28. The summed E-state index contributed by atoms with van der Waals surface area (Å²) in [5.74, 6) is 0. The second kappa shape index (κ2) is 5.47. The molecule has 0 spiro atoms. The number of hydrogen-bond donors (Lipinski definition) is 1. The topological polar surface area (TPSA) is 40.8 Å². The summed E-state index contributed by atoms with van der Waals surface area (Å²) in [4.78, 5) is 6.61. The third-order valence-electron chi connectivity index (χ3n) is 4.08. The smallest absolute Gasteiger partial charge is 0.136 e. The summed E-state index contributed by atoms with van der Waals surface area (Å²) in [7, 11) is 2.06. The highest BCUT2D eigenvalue weighted by atomic mass is 79.9. The number of pyridine rings is 1. The van der Waals surface area contributed by atoms with E-state index in [0.29, 0.717) is 0 Å². The van der Waals surface area contributed by atoms with Crippen LogP contribution in [-0.4, -0.2) is 38.6 Å². The predicted octanol–water partition coefficient (Wildman–Crippen LogP) is 2.83. The molecule has 0 aliphatic heterocycles. The average molecular weight is 338 g/mol. The fourth-order valence-electron chi connectivity index (χ4n) is 3.15. The van der Waals surface area contributed by atoms with Crippen LogP contribution in [0, 0.1) is 0 Å². The SMILES string of the molecule is CN(Cc1cnc2ccc(Br)cn12)CC1(O)CCCC1. The number of aromatic nitrogens is 2. The molecule has 1 N–H and O–H groups in total. The van der Waals surface area contributed by atoms with Gasteiger partial charge in [0.2, 0.25) is 0 Å². The first-order valence-corrected chi connectivity index (χ1v) is 7.87. The Hall–Kier alpha value is -0.910. The molecule has 108 valence electrons. The minimum absolute atomic E-state index is 0.490.